The van der Waals surface area contributed by atoms with Gasteiger partial charge in [-0.2, -0.15) is 0 Å². The number of benzene rings is 3. The third-order valence-electron chi connectivity index (χ3n) is 16.3. The third-order valence-corrected chi connectivity index (χ3v) is 16.5. The van der Waals surface area contributed by atoms with Crippen LogP contribution in [0.1, 0.15) is 79.2 Å². The molecule has 13 heteroatoms. The minimum absolute atomic E-state index is 0.0217. The molecule has 1 aliphatic carbocycles. The van der Waals surface area contributed by atoms with Gasteiger partial charge in [-0.05, 0) is 92.1 Å². The van der Waals surface area contributed by atoms with Gasteiger partial charge in [-0.25, -0.2) is 0 Å². The molecule has 342 valence electrons. The summed E-state index contributed by atoms with van der Waals surface area (Å²) in [4.78, 5) is 53.7. The van der Waals surface area contributed by atoms with Crippen molar-refractivity contribution in [3.05, 3.63) is 117 Å². The number of fused-ring (bicyclic) bond motifs is 6. The smallest absolute Gasteiger partial charge is 0.322 e. The monoisotopic (exact) mass is 901 g/mol. The lowest BCUT2D eigenvalue weighted by atomic mass is 9.47. The number of carbonyl (C=O) groups is 3. The van der Waals surface area contributed by atoms with Crippen LogP contribution in [0.5, 0.6) is 5.75 Å². The lowest BCUT2D eigenvalue weighted by Crippen LogP contribution is -2.81. The summed E-state index contributed by atoms with van der Waals surface area (Å²) in [5.74, 6) is -0.717. The van der Waals surface area contributed by atoms with Crippen LogP contribution in [0.4, 0.5) is 5.69 Å². The van der Waals surface area contributed by atoms with Crippen LogP contribution in [0.15, 0.2) is 84.5 Å². The normalized spacial score (nSPS) is 32.2. The second-order valence-electron chi connectivity index (χ2n) is 19.4. The van der Waals surface area contributed by atoms with Crippen LogP contribution in [0.3, 0.4) is 0 Å². The van der Waals surface area contributed by atoms with E-state index in [2.05, 4.69) is 81.3 Å². The molecule has 1 saturated heterocycles. The van der Waals surface area contributed by atoms with Crippen LogP contribution in [0, 0.1) is 11.3 Å². The number of carbonyl (C=O) groups excluding carboxylic acids is 3. The number of nitrogens with one attached hydrogen (secondary N) is 2. The summed E-state index contributed by atoms with van der Waals surface area (Å²) in [7, 11) is 5.11. The zero-order chi connectivity index (χ0) is 45.6. The average Bonchev–Trinajstić information content (AvgIpc) is 3.97. The number of methoxy groups -OCH3 is 2. The molecule has 65 heavy (non-hydrogen) atoms. The van der Waals surface area contributed by atoms with Gasteiger partial charge in [0.2, 0.25) is 0 Å². The predicted molar refractivity (Wildman–Crippen MR) is 251 cm³/mol. The fourth-order valence-corrected chi connectivity index (χ4v) is 14.1. The SMILES string of the molecule is CCC1=C[C@@H]2CN(CCc3c([nH]c4ccccc34)[C@@](C(=O)OC)(c3cc4c(cc3OC)N(C)[C@H]3[C@@](O)(CNC(=O)c5ccc(Cl)cc5)[C@H](OC(C)=O)[C@]5(CC)C=CCN6CC[C@]43[C@@H]65)C2)C1. The molecule has 6 aliphatic rings. The molecular formula is C52H60ClN5O7. The Kier molecular flexibility index (Phi) is 10.8. The van der Waals surface area contributed by atoms with Gasteiger partial charge in [0.15, 0.2) is 0 Å². The molecule has 12 nitrogen and oxygen atoms in total. The maximum absolute atomic E-state index is 15.5. The summed E-state index contributed by atoms with van der Waals surface area (Å²) in [5, 5.41) is 18.6. The number of para-hydroxylation sites is 1. The number of hydrogen-bond acceptors (Lipinski definition) is 10. The van der Waals surface area contributed by atoms with Gasteiger partial charge in [0.05, 0.1) is 26.8 Å². The number of aromatic nitrogens is 1. The van der Waals surface area contributed by atoms with Crippen LogP contribution in [-0.2, 0) is 36.3 Å². The summed E-state index contributed by atoms with van der Waals surface area (Å²) < 4.78 is 18.9. The van der Waals surface area contributed by atoms with Gasteiger partial charge < -0.3 is 34.5 Å². The quantitative estimate of drug-likeness (QED) is 0.123. The molecule has 1 spiro atoms. The van der Waals surface area contributed by atoms with E-state index < -0.39 is 40.0 Å². The number of esters is 2. The standard InChI is InChI=1S/C52H60ClN5O7/c1-7-32-24-33-27-51(48(61)64-6,43-37(18-22-57(28-32)29-33)36-12-9-10-13-40(36)55-43)39-25-38-41(26-42(39)63-5)56(4)46-50(38)20-23-58-21-11-19-49(8-2,45(50)58)47(65-31(3)59)52(46,62)30-54-44(60)34-14-16-35(53)17-15-34/h9-17,19,24-26,33,45-47,55,62H,7-8,18,20-23,27-30H2,1-6H3,(H,54,60)/t33-,45-,46+,47+,49+,50+,51-,52-/m0/s1. The van der Waals surface area contributed by atoms with Crippen molar-refractivity contribution in [1.29, 1.82) is 0 Å². The first-order valence-electron chi connectivity index (χ1n) is 23.2. The first kappa shape index (κ1) is 43.7. The number of hydrogen-bond donors (Lipinski definition) is 3. The van der Waals surface area contributed by atoms with E-state index in [1.807, 2.05) is 19.2 Å². The second kappa shape index (κ2) is 16.0. The fraction of sp³-hybridized carbons (Fsp3) is 0.481. The summed E-state index contributed by atoms with van der Waals surface area (Å²) in [6, 6.07) is 18.2. The highest BCUT2D eigenvalue weighted by atomic mass is 35.5. The maximum atomic E-state index is 15.5. The maximum Gasteiger partial charge on any atom is 0.322 e. The molecule has 10 rings (SSSR count). The minimum atomic E-state index is -1.82. The van der Waals surface area contributed by atoms with Gasteiger partial charge in [0.1, 0.15) is 22.9 Å². The predicted octanol–water partition coefficient (Wildman–Crippen LogP) is 6.71. The molecule has 1 unspecified atom stereocenters. The Morgan fingerprint density at radius 1 is 1.02 bits per heavy atom. The first-order chi connectivity index (χ1) is 31.3. The summed E-state index contributed by atoms with van der Waals surface area (Å²) >= 11 is 6.20. The average molecular weight is 903 g/mol. The Morgan fingerprint density at radius 3 is 2.52 bits per heavy atom. The molecule has 3 aromatic carbocycles. The van der Waals surface area contributed by atoms with Gasteiger partial charge in [-0.3, -0.25) is 24.2 Å². The van der Waals surface area contributed by atoms with Crippen LogP contribution < -0.4 is 15.0 Å². The van der Waals surface area contributed by atoms with E-state index in [1.165, 1.54) is 19.6 Å². The molecule has 5 aliphatic heterocycles. The number of aromatic amines is 1. The van der Waals surface area contributed by atoms with E-state index in [1.54, 1.807) is 31.4 Å². The second-order valence-corrected chi connectivity index (χ2v) is 19.8. The molecule has 1 aromatic heterocycles. The Balaban J connectivity index is 1.23. The largest absolute Gasteiger partial charge is 0.496 e. The van der Waals surface area contributed by atoms with E-state index >= 15 is 4.79 Å². The highest BCUT2D eigenvalue weighted by molar-refractivity contribution is 6.30. The van der Waals surface area contributed by atoms with E-state index in [0.29, 0.717) is 47.7 Å². The molecule has 9 atom stereocenters. The van der Waals surface area contributed by atoms with Crippen molar-refractivity contribution in [3.63, 3.8) is 0 Å². The molecular weight excluding hydrogens is 842 g/mol. The number of halogens is 1. The molecule has 0 radical (unpaired) electrons. The van der Waals surface area contributed by atoms with Gasteiger partial charge in [0.25, 0.3) is 5.91 Å². The number of H-pyrrole nitrogens is 1. The zero-order valence-electron chi connectivity index (χ0n) is 38.2. The van der Waals surface area contributed by atoms with Gasteiger partial charge in [-0.15, -0.1) is 0 Å². The molecule has 2 fully saturated rings. The van der Waals surface area contributed by atoms with Crippen molar-refractivity contribution >= 4 is 46.0 Å². The van der Waals surface area contributed by atoms with Gasteiger partial charge >= 0.3 is 11.9 Å². The van der Waals surface area contributed by atoms with Crippen LogP contribution >= 0.6 is 11.6 Å². The first-order valence-corrected chi connectivity index (χ1v) is 23.6. The Morgan fingerprint density at radius 2 is 1.80 bits per heavy atom. The number of amides is 1. The fourth-order valence-electron chi connectivity index (χ4n) is 13.9. The molecule has 6 heterocycles. The third kappa shape index (κ3) is 6.30. The molecule has 1 amide bonds. The van der Waals surface area contributed by atoms with E-state index in [0.717, 1.165) is 72.4 Å². The van der Waals surface area contributed by atoms with Crippen molar-refractivity contribution in [3.8, 4) is 5.75 Å². The number of nitrogens with zero attached hydrogens (tertiary/aromatic N) is 3. The van der Waals surface area contributed by atoms with E-state index in [-0.39, 0.29) is 30.4 Å². The Bertz CT molecular complexity index is 2640. The minimum Gasteiger partial charge on any atom is -0.496 e. The van der Waals surface area contributed by atoms with Crippen molar-refractivity contribution in [2.24, 2.45) is 11.3 Å². The van der Waals surface area contributed by atoms with Gasteiger partial charge in [0, 0.05) is 102 Å². The molecule has 4 aromatic rings. The highest BCUT2D eigenvalue weighted by Gasteiger charge is 2.78. The van der Waals surface area contributed by atoms with Crippen LogP contribution in [-0.4, -0.2) is 122 Å². The van der Waals surface area contributed by atoms with Crippen LogP contribution in [0.2, 0.25) is 5.02 Å². The number of rotatable bonds is 9. The number of ether oxygens (including phenoxy) is 3. The highest BCUT2D eigenvalue weighted by Crippen LogP contribution is 2.68. The zero-order valence-corrected chi connectivity index (χ0v) is 39.0. The van der Waals surface area contributed by atoms with Crippen LogP contribution in [0.25, 0.3) is 10.9 Å². The lowest BCUT2D eigenvalue weighted by Gasteiger charge is -2.64. The van der Waals surface area contributed by atoms with E-state index in [9.17, 15) is 14.7 Å². The number of likely N-dealkylation sites (N-methyl/N-ethyl adjacent to an activating group) is 1. The van der Waals surface area contributed by atoms with E-state index in [4.69, 9.17) is 25.8 Å². The van der Waals surface area contributed by atoms with Crippen molar-refractivity contribution in [2.75, 3.05) is 65.4 Å². The summed E-state index contributed by atoms with van der Waals surface area (Å²) in [6.45, 7) is 9.43. The number of anilines is 1. The van der Waals surface area contributed by atoms with Crippen molar-refractivity contribution < 1.29 is 33.7 Å². The summed E-state index contributed by atoms with van der Waals surface area (Å²) in [5.41, 5.74) is 2.35. The Hall–Kier alpha value is -5.14. The lowest BCUT2D eigenvalue weighted by molar-refractivity contribution is -0.216. The van der Waals surface area contributed by atoms with Gasteiger partial charge in [-0.1, -0.05) is 67.4 Å². The summed E-state index contributed by atoms with van der Waals surface area (Å²) in [6.07, 6.45) is 8.95. The number of aliphatic hydroxyl groups is 1. The van der Waals surface area contributed by atoms with Crippen molar-refractivity contribution in [1.82, 2.24) is 20.1 Å². The molecule has 1 saturated carbocycles. The van der Waals surface area contributed by atoms with Crippen molar-refractivity contribution in [2.45, 2.75) is 87.5 Å². The molecule has 2 bridgehead atoms. The molecule has 3 N–H and O–H groups in total. The Labute approximate surface area is 385 Å². The topological polar surface area (TPSA) is 137 Å².